The number of aliphatic imine (C=N–C) groups is 1. The van der Waals surface area contributed by atoms with Gasteiger partial charge in [-0.25, -0.2) is 4.98 Å². The average Bonchev–Trinajstić information content (AvgIpc) is 2.66. The number of halogens is 1. The van der Waals surface area contributed by atoms with Crippen LogP contribution in [0.15, 0.2) is 23.2 Å². The molecule has 1 fully saturated rings. The van der Waals surface area contributed by atoms with Gasteiger partial charge in [-0.15, -0.1) is 24.0 Å². The number of guanidine groups is 1. The summed E-state index contributed by atoms with van der Waals surface area (Å²) in [5, 5.41) is 9.66. The molecule has 1 amide bonds. The second-order valence-electron chi connectivity index (χ2n) is 6.76. The number of nitrogens with one attached hydrogen (secondary N) is 3. The summed E-state index contributed by atoms with van der Waals surface area (Å²) in [5.41, 5.74) is 0.866. The molecule has 1 heterocycles. The minimum atomic E-state index is -0.743. The van der Waals surface area contributed by atoms with Crippen LogP contribution in [0.4, 0.5) is 5.82 Å². The third-order valence-corrected chi connectivity index (χ3v) is 6.39. The van der Waals surface area contributed by atoms with Crippen molar-refractivity contribution in [2.75, 3.05) is 24.7 Å². The highest BCUT2D eigenvalue weighted by molar-refractivity contribution is 14.0. The van der Waals surface area contributed by atoms with Crippen LogP contribution in [0, 0.1) is 6.92 Å². The van der Waals surface area contributed by atoms with Crippen molar-refractivity contribution in [3.63, 3.8) is 0 Å². The molecule has 0 saturated heterocycles. The van der Waals surface area contributed by atoms with E-state index in [1.807, 2.05) is 26.0 Å². The monoisotopic (exact) mass is 521 g/mol. The Morgan fingerprint density at radius 1 is 1.36 bits per heavy atom. The van der Waals surface area contributed by atoms with Crippen LogP contribution in [0.1, 0.15) is 44.7 Å². The molecule has 1 saturated carbocycles. The molecule has 158 valence electrons. The van der Waals surface area contributed by atoms with E-state index in [4.69, 9.17) is 0 Å². The Bertz CT molecular complexity index is 686. The minimum Gasteiger partial charge on any atom is -0.356 e. The van der Waals surface area contributed by atoms with E-state index >= 15 is 0 Å². The summed E-state index contributed by atoms with van der Waals surface area (Å²) in [4.78, 5) is 20.6. The van der Waals surface area contributed by atoms with Gasteiger partial charge in [0.15, 0.2) is 5.96 Å². The zero-order valence-corrected chi connectivity index (χ0v) is 20.0. The maximum Gasteiger partial charge on any atom is 0.227 e. The smallest absolute Gasteiger partial charge is 0.227 e. The van der Waals surface area contributed by atoms with Gasteiger partial charge in [0.1, 0.15) is 5.82 Å². The van der Waals surface area contributed by atoms with E-state index in [9.17, 15) is 9.00 Å². The molecular formula is C19H32IN5O2S. The molecule has 0 bridgehead atoms. The van der Waals surface area contributed by atoms with E-state index in [0.29, 0.717) is 24.7 Å². The van der Waals surface area contributed by atoms with Gasteiger partial charge in [-0.1, -0.05) is 19.4 Å². The lowest BCUT2D eigenvalue weighted by Gasteiger charge is -2.30. The van der Waals surface area contributed by atoms with Gasteiger partial charge in [0.2, 0.25) is 5.91 Å². The van der Waals surface area contributed by atoms with Gasteiger partial charge in [0.25, 0.3) is 0 Å². The number of anilines is 1. The lowest BCUT2D eigenvalue weighted by Crippen LogP contribution is -2.47. The molecule has 1 aromatic heterocycles. The van der Waals surface area contributed by atoms with Crippen molar-refractivity contribution in [3.8, 4) is 0 Å². The van der Waals surface area contributed by atoms with E-state index in [1.54, 1.807) is 13.1 Å². The van der Waals surface area contributed by atoms with Crippen LogP contribution in [-0.4, -0.2) is 51.7 Å². The number of nitrogens with zero attached hydrogens (tertiary/aromatic N) is 2. The molecule has 7 nitrogen and oxygen atoms in total. The number of aromatic nitrogens is 1. The molecule has 1 aliphatic rings. The maximum atomic E-state index is 12.1. The highest BCUT2D eigenvalue weighted by atomic mass is 127. The molecule has 0 aromatic carbocycles. The van der Waals surface area contributed by atoms with Crippen molar-refractivity contribution in [1.82, 2.24) is 15.6 Å². The average molecular weight is 521 g/mol. The van der Waals surface area contributed by atoms with Crippen molar-refractivity contribution >= 4 is 52.5 Å². The number of carbonyl (C=O) groups excluding carboxylic acids is 1. The summed E-state index contributed by atoms with van der Waals surface area (Å²) in [6.07, 6.45) is 4.40. The summed E-state index contributed by atoms with van der Waals surface area (Å²) >= 11 is 0. The van der Waals surface area contributed by atoms with Gasteiger partial charge in [-0.05, 0) is 38.3 Å². The van der Waals surface area contributed by atoms with Crippen LogP contribution < -0.4 is 16.0 Å². The number of carbonyl (C=O) groups is 1. The van der Waals surface area contributed by atoms with Crippen molar-refractivity contribution in [1.29, 1.82) is 0 Å². The molecule has 2 rings (SSSR count). The Morgan fingerprint density at radius 2 is 2.14 bits per heavy atom. The van der Waals surface area contributed by atoms with Crippen molar-refractivity contribution in [2.45, 2.75) is 57.2 Å². The third-order valence-electron chi connectivity index (χ3n) is 4.65. The molecule has 1 aliphatic carbocycles. The quantitative estimate of drug-likeness (QED) is 0.291. The molecule has 3 N–H and O–H groups in total. The van der Waals surface area contributed by atoms with Gasteiger partial charge in [-0.2, -0.15) is 0 Å². The van der Waals surface area contributed by atoms with Gasteiger partial charge in [0, 0.05) is 53.6 Å². The van der Waals surface area contributed by atoms with Crippen LogP contribution in [0.25, 0.3) is 0 Å². The van der Waals surface area contributed by atoms with Crippen LogP contribution in [-0.2, 0) is 15.6 Å². The first-order valence-corrected chi connectivity index (χ1v) is 11.0. The lowest BCUT2D eigenvalue weighted by molar-refractivity contribution is -0.116. The number of amides is 1. The summed E-state index contributed by atoms with van der Waals surface area (Å²) in [6.45, 7) is 4.35. The van der Waals surface area contributed by atoms with E-state index in [0.717, 1.165) is 37.1 Å². The number of hydrogen-bond acceptors (Lipinski definition) is 4. The number of rotatable bonds is 7. The Labute approximate surface area is 187 Å². The molecule has 3 atom stereocenters. The van der Waals surface area contributed by atoms with Gasteiger partial charge >= 0.3 is 0 Å². The molecule has 0 spiro atoms. The molecule has 0 radical (unpaired) electrons. The van der Waals surface area contributed by atoms with E-state index in [1.165, 1.54) is 0 Å². The lowest BCUT2D eigenvalue weighted by atomic mass is 9.95. The predicted octanol–water partition coefficient (Wildman–Crippen LogP) is 2.58. The summed E-state index contributed by atoms with van der Waals surface area (Å²) < 4.78 is 12.1. The van der Waals surface area contributed by atoms with Gasteiger partial charge in [0.05, 0.1) is 0 Å². The second-order valence-corrected chi connectivity index (χ2v) is 8.77. The predicted molar refractivity (Wildman–Crippen MR) is 127 cm³/mol. The SMILES string of the molecule is CCS(=O)C1CCCC(NC(=NC)NCCC(=O)Nc2cccc(C)n2)C1.I. The van der Waals surface area contributed by atoms with Crippen LogP contribution in [0.2, 0.25) is 0 Å². The first kappa shape index (κ1) is 24.8. The zero-order chi connectivity index (χ0) is 19.6. The Morgan fingerprint density at radius 3 is 2.82 bits per heavy atom. The normalized spacial score (nSPS) is 20.6. The maximum absolute atomic E-state index is 12.1. The first-order chi connectivity index (χ1) is 13.0. The molecule has 0 aliphatic heterocycles. The van der Waals surface area contributed by atoms with Crippen molar-refractivity contribution in [2.24, 2.45) is 4.99 Å². The van der Waals surface area contributed by atoms with Crippen LogP contribution >= 0.6 is 24.0 Å². The highest BCUT2D eigenvalue weighted by Gasteiger charge is 2.26. The molecular weight excluding hydrogens is 489 g/mol. The minimum absolute atomic E-state index is 0. The van der Waals surface area contributed by atoms with Gasteiger partial charge in [-0.3, -0.25) is 14.0 Å². The van der Waals surface area contributed by atoms with Crippen LogP contribution in [0.5, 0.6) is 0 Å². The van der Waals surface area contributed by atoms with E-state index < -0.39 is 10.8 Å². The van der Waals surface area contributed by atoms with Crippen molar-refractivity contribution in [3.05, 3.63) is 23.9 Å². The zero-order valence-electron chi connectivity index (χ0n) is 16.9. The Kier molecular flexibility index (Phi) is 11.6. The number of aryl methyl sites for hydroxylation is 1. The van der Waals surface area contributed by atoms with E-state index in [-0.39, 0.29) is 41.2 Å². The van der Waals surface area contributed by atoms with Gasteiger partial charge < -0.3 is 16.0 Å². The number of hydrogen-bond donors (Lipinski definition) is 3. The molecule has 28 heavy (non-hydrogen) atoms. The summed E-state index contributed by atoms with van der Waals surface area (Å²) in [5.74, 6) is 1.88. The second kappa shape index (κ2) is 13.1. The molecule has 3 unspecified atom stereocenters. The van der Waals surface area contributed by atoms with E-state index in [2.05, 4.69) is 25.9 Å². The topological polar surface area (TPSA) is 95.5 Å². The largest absolute Gasteiger partial charge is 0.356 e. The highest BCUT2D eigenvalue weighted by Crippen LogP contribution is 2.22. The Hall–Kier alpha value is -1.23. The first-order valence-electron chi connectivity index (χ1n) is 9.59. The Balaban J connectivity index is 0.00000392. The standard InChI is InChI=1S/C19H31N5O2S.HI/c1-4-27(26)16-9-6-8-15(13-16)23-19(20-3)21-12-11-18(25)24-17-10-5-7-14(2)22-17;/h5,7,10,15-16H,4,6,8-9,11-13H2,1-3H3,(H2,20,21,23)(H,22,24,25);1H. The molecule has 1 aromatic rings. The molecule has 9 heteroatoms. The fraction of sp³-hybridized carbons (Fsp3) is 0.632. The summed E-state index contributed by atoms with van der Waals surface area (Å²) in [6, 6.07) is 5.80. The fourth-order valence-corrected chi connectivity index (χ4v) is 4.60. The summed E-state index contributed by atoms with van der Waals surface area (Å²) in [7, 11) is 0.976. The van der Waals surface area contributed by atoms with Crippen molar-refractivity contribution < 1.29 is 9.00 Å². The fourth-order valence-electron chi connectivity index (χ4n) is 3.25. The third kappa shape index (κ3) is 8.42. The number of pyridine rings is 1. The van der Waals surface area contributed by atoms with Crippen LogP contribution in [0.3, 0.4) is 0 Å².